The van der Waals surface area contributed by atoms with Gasteiger partial charge in [-0.2, -0.15) is 0 Å². The van der Waals surface area contributed by atoms with Crippen molar-refractivity contribution in [1.29, 1.82) is 0 Å². The molecule has 35 heavy (non-hydrogen) atoms. The first-order chi connectivity index (χ1) is 16.9. The first kappa shape index (κ1) is 24.1. The summed E-state index contributed by atoms with van der Waals surface area (Å²) in [4.78, 5) is 32.1. The van der Waals surface area contributed by atoms with Gasteiger partial charge in [-0.1, -0.05) is 17.7 Å². The quantitative estimate of drug-likeness (QED) is 0.287. The number of aliphatic hydroxyl groups excluding tert-OH is 1. The standard InChI is InChI=1S/C26H23ClN2O6/c1-4-35-17-9-7-16(8-10-17)29-23(15-6-5-11-28-14-15)22(25(31)26(29)32)24(30)18-12-19(27)21(34-3)13-20(18)33-2/h5-14,23,30H,4H2,1-3H3/b24-22+. The van der Waals surface area contributed by atoms with Crippen molar-refractivity contribution in [3.63, 3.8) is 0 Å². The Morgan fingerprint density at radius 1 is 1.09 bits per heavy atom. The number of pyridine rings is 1. The number of aliphatic hydroxyl groups is 1. The summed E-state index contributed by atoms with van der Waals surface area (Å²) in [6.45, 7) is 2.36. The molecule has 1 aromatic heterocycles. The van der Waals surface area contributed by atoms with Crippen molar-refractivity contribution < 1.29 is 28.9 Å². The molecule has 1 fully saturated rings. The summed E-state index contributed by atoms with van der Waals surface area (Å²) in [5.41, 5.74) is 1.04. The topological polar surface area (TPSA) is 98.2 Å². The van der Waals surface area contributed by atoms with E-state index >= 15 is 0 Å². The number of nitrogens with zero attached hydrogens (tertiary/aromatic N) is 2. The van der Waals surface area contributed by atoms with E-state index in [0.717, 1.165) is 0 Å². The van der Waals surface area contributed by atoms with Crippen LogP contribution in [0.5, 0.6) is 17.2 Å². The van der Waals surface area contributed by atoms with Gasteiger partial charge in [0, 0.05) is 24.1 Å². The van der Waals surface area contributed by atoms with E-state index in [0.29, 0.717) is 29.4 Å². The largest absolute Gasteiger partial charge is 0.507 e. The third-order valence-electron chi connectivity index (χ3n) is 5.60. The van der Waals surface area contributed by atoms with Crippen LogP contribution in [0.1, 0.15) is 24.1 Å². The highest BCUT2D eigenvalue weighted by Crippen LogP contribution is 2.44. The Kier molecular flexibility index (Phi) is 6.93. The van der Waals surface area contributed by atoms with Crippen molar-refractivity contribution in [2.45, 2.75) is 13.0 Å². The van der Waals surface area contributed by atoms with Gasteiger partial charge in [0.15, 0.2) is 0 Å². The van der Waals surface area contributed by atoms with Crippen LogP contribution in [-0.2, 0) is 9.59 Å². The Labute approximate surface area is 207 Å². The molecule has 1 amide bonds. The maximum Gasteiger partial charge on any atom is 0.300 e. The number of benzene rings is 2. The number of aromatic nitrogens is 1. The number of ketones is 1. The second kappa shape index (κ2) is 10.1. The Bertz CT molecular complexity index is 1290. The molecule has 0 aliphatic carbocycles. The van der Waals surface area contributed by atoms with E-state index in [1.54, 1.807) is 48.8 Å². The number of ether oxygens (including phenoxy) is 3. The molecule has 2 aromatic carbocycles. The molecule has 0 spiro atoms. The summed E-state index contributed by atoms with van der Waals surface area (Å²) in [7, 11) is 2.86. The summed E-state index contributed by atoms with van der Waals surface area (Å²) in [5, 5.41) is 11.6. The molecule has 9 heteroatoms. The van der Waals surface area contributed by atoms with E-state index in [9.17, 15) is 14.7 Å². The van der Waals surface area contributed by atoms with Crippen LogP contribution in [0, 0.1) is 0 Å². The summed E-state index contributed by atoms with van der Waals surface area (Å²) in [6, 6.07) is 12.2. The molecule has 1 N–H and O–H groups in total. The normalized spacial score (nSPS) is 16.9. The van der Waals surface area contributed by atoms with Crippen LogP contribution in [-0.4, -0.2) is 42.6 Å². The number of rotatable bonds is 7. The summed E-state index contributed by atoms with van der Waals surface area (Å²) < 4.78 is 16.1. The maximum atomic E-state index is 13.3. The summed E-state index contributed by atoms with van der Waals surface area (Å²) in [6.07, 6.45) is 3.13. The molecule has 0 radical (unpaired) electrons. The lowest BCUT2D eigenvalue weighted by Gasteiger charge is -2.25. The average molecular weight is 495 g/mol. The molecule has 1 unspecified atom stereocenters. The number of amides is 1. The molecule has 2 heterocycles. The highest BCUT2D eigenvalue weighted by molar-refractivity contribution is 6.51. The second-order valence-corrected chi connectivity index (χ2v) is 7.98. The van der Waals surface area contributed by atoms with Crippen LogP contribution in [0.3, 0.4) is 0 Å². The minimum Gasteiger partial charge on any atom is -0.507 e. The zero-order chi connectivity index (χ0) is 25.1. The molecular weight excluding hydrogens is 472 g/mol. The van der Waals surface area contributed by atoms with E-state index in [4.69, 9.17) is 25.8 Å². The van der Waals surface area contributed by atoms with Gasteiger partial charge in [0.25, 0.3) is 11.7 Å². The van der Waals surface area contributed by atoms with Crippen molar-refractivity contribution in [3.05, 3.63) is 82.6 Å². The van der Waals surface area contributed by atoms with Crippen LogP contribution in [0.4, 0.5) is 5.69 Å². The van der Waals surface area contributed by atoms with E-state index in [2.05, 4.69) is 4.98 Å². The Hall–Kier alpha value is -4.04. The summed E-state index contributed by atoms with van der Waals surface area (Å²) >= 11 is 6.29. The van der Waals surface area contributed by atoms with Crippen LogP contribution < -0.4 is 19.1 Å². The van der Waals surface area contributed by atoms with Gasteiger partial charge in [-0.3, -0.25) is 19.5 Å². The van der Waals surface area contributed by atoms with E-state index < -0.39 is 23.5 Å². The highest BCUT2D eigenvalue weighted by Gasteiger charge is 2.47. The molecule has 3 aromatic rings. The fourth-order valence-electron chi connectivity index (χ4n) is 4.01. The third kappa shape index (κ3) is 4.40. The first-order valence-corrected chi connectivity index (χ1v) is 11.1. The van der Waals surface area contributed by atoms with Crippen molar-refractivity contribution in [2.75, 3.05) is 25.7 Å². The van der Waals surface area contributed by atoms with E-state index in [-0.39, 0.29) is 21.9 Å². The molecule has 0 bridgehead atoms. The van der Waals surface area contributed by atoms with Gasteiger partial charge < -0.3 is 19.3 Å². The number of hydrogen-bond acceptors (Lipinski definition) is 7. The van der Waals surface area contributed by atoms with Crippen molar-refractivity contribution >= 4 is 34.7 Å². The Morgan fingerprint density at radius 3 is 2.40 bits per heavy atom. The minimum atomic E-state index is -0.938. The van der Waals surface area contributed by atoms with Crippen molar-refractivity contribution in [3.8, 4) is 17.2 Å². The molecule has 1 saturated heterocycles. The lowest BCUT2D eigenvalue weighted by Crippen LogP contribution is -2.29. The van der Waals surface area contributed by atoms with E-state index in [1.807, 2.05) is 6.92 Å². The molecule has 4 rings (SSSR count). The number of carbonyl (C=O) groups excluding carboxylic acids is 2. The zero-order valence-electron chi connectivity index (χ0n) is 19.3. The lowest BCUT2D eigenvalue weighted by atomic mass is 9.95. The molecule has 8 nitrogen and oxygen atoms in total. The lowest BCUT2D eigenvalue weighted by molar-refractivity contribution is -0.132. The smallest absolute Gasteiger partial charge is 0.300 e. The molecule has 0 saturated carbocycles. The van der Waals surface area contributed by atoms with Gasteiger partial charge in [-0.15, -0.1) is 0 Å². The van der Waals surface area contributed by atoms with Crippen molar-refractivity contribution in [2.24, 2.45) is 0 Å². The molecular formula is C26H23ClN2O6. The molecule has 1 aliphatic rings. The van der Waals surface area contributed by atoms with Crippen LogP contribution >= 0.6 is 11.6 Å². The van der Waals surface area contributed by atoms with Crippen LogP contribution in [0.15, 0.2) is 66.5 Å². The predicted molar refractivity (Wildman–Crippen MR) is 131 cm³/mol. The highest BCUT2D eigenvalue weighted by atomic mass is 35.5. The van der Waals surface area contributed by atoms with Crippen molar-refractivity contribution in [1.82, 2.24) is 4.98 Å². The Morgan fingerprint density at radius 2 is 1.80 bits per heavy atom. The number of carbonyl (C=O) groups is 2. The number of halogens is 1. The average Bonchev–Trinajstić information content (AvgIpc) is 3.15. The minimum absolute atomic E-state index is 0.114. The van der Waals surface area contributed by atoms with Gasteiger partial charge in [-0.25, -0.2) is 0 Å². The van der Waals surface area contributed by atoms with E-state index in [1.165, 1.54) is 31.3 Å². The SMILES string of the molecule is CCOc1ccc(N2C(=O)C(=O)/C(=C(/O)c3cc(Cl)c(OC)cc3OC)C2c2cccnc2)cc1. The fourth-order valence-corrected chi connectivity index (χ4v) is 4.25. The fraction of sp³-hybridized carbons (Fsp3) is 0.192. The summed E-state index contributed by atoms with van der Waals surface area (Å²) in [5.74, 6) is -0.877. The molecule has 1 aliphatic heterocycles. The van der Waals surface area contributed by atoms with Gasteiger partial charge in [0.05, 0.1) is 43.0 Å². The van der Waals surface area contributed by atoms with Crippen LogP contribution in [0.2, 0.25) is 5.02 Å². The van der Waals surface area contributed by atoms with Crippen LogP contribution in [0.25, 0.3) is 5.76 Å². The predicted octanol–water partition coefficient (Wildman–Crippen LogP) is 4.78. The first-order valence-electron chi connectivity index (χ1n) is 10.8. The monoisotopic (exact) mass is 494 g/mol. The second-order valence-electron chi connectivity index (χ2n) is 7.57. The third-order valence-corrected chi connectivity index (χ3v) is 5.89. The molecule has 1 atom stereocenters. The number of hydrogen-bond donors (Lipinski definition) is 1. The van der Waals surface area contributed by atoms with Gasteiger partial charge in [0.2, 0.25) is 0 Å². The van der Waals surface area contributed by atoms with Gasteiger partial charge in [-0.05, 0) is 48.9 Å². The number of Topliss-reactive ketones (excluding diaryl/α,β-unsaturated/α-hetero) is 1. The number of anilines is 1. The van der Waals surface area contributed by atoms with Gasteiger partial charge >= 0.3 is 0 Å². The van der Waals surface area contributed by atoms with Gasteiger partial charge in [0.1, 0.15) is 23.0 Å². The zero-order valence-corrected chi connectivity index (χ0v) is 20.1. The maximum absolute atomic E-state index is 13.3. The number of methoxy groups -OCH3 is 2. The Balaban J connectivity index is 1.92. The molecule has 180 valence electrons.